The Morgan fingerprint density at radius 1 is 1.42 bits per heavy atom. The molecule has 0 aliphatic carbocycles. The summed E-state index contributed by atoms with van der Waals surface area (Å²) in [5.41, 5.74) is 0. The van der Waals surface area contributed by atoms with Crippen molar-refractivity contribution in [3.8, 4) is 0 Å². The number of likely N-dealkylation sites (N-methyl/N-ethyl adjacent to an activating group) is 1. The van der Waals surface area contributed by atoms with E-state index in [4.69, 9.17) is 0 Å². The summed E-state index contributed by atoms with van der Waals surface area (Å²) in [5, 5.41) is 4.57. The number of thiazole rings is 1. The predicted molar refractivity (Wildman–Crippen MR) is 83.0 cm³/mol. The lowest BCUT2D eigenvalue weighted by molar-refractivity contribution is 0.328. The van der Waals surface area contributed by atoms with Crippen molar-refractivity contribution in [2.24, 2.45) is 0 Å². The van der Waals surface area contributed by atoms with E-state index in [0.29, 0.717) is 6.04 Å². The standard InChI is InChI=1S/C14H26N4S/c1-4-12-11-17(3)7-6-8-18(12)14-16-10-13(19-14)9-15-5-2/h10,12,15H,4-9,11H2,1-3H3. The van der Waals surface area contributed by atoms with Crippen molar-refractivity contribution in [3.63, 3.8) is 0 Å². The molecule has 1 aliphatic rings. The van der Waals surface area contributed by atoms with Crippen LogP contribution in [-0.2, 0) is 6.54 Å². The molecule has 1 aromatic rings. The first-order valence-electron chi connectivity index (χ1n) is 7.35. The molecule has 0 bridgehead atoms. The molecule has 0 saturated carbocycles. The fourth-order valence-corrected chi connectivity index (χ4v) is 3.58. The zero-order valence-electron chi connectivity index (χ0n) is 12.4. The number of nitrogens with one attached hydrogen (secondary N) is 1. The molecule has 2 rings (SSSR count). The Labute approximate surface area is 120 Å². The highest BCUT2D eigenvalue weighted by Crippen LogP contribution is 2.27. The van der Waals surface area contributed by atoms with Gasteiger partial charge in [0.1, 0.15) is 0 Å². The summed E-state index contributed by atoms with van der Waals surface area (Å²) in [6.07, 6.45) is 4.45. The molecule has 0 aromatic carbocycles. The fourth-order valence-electron chi connectivity index (χ4n) is 2.60. The van der Waals surface area contributed by atoms with E-state index in [2.05, 4.69) is 41.0 Å². The van der Waals surface area contributed by atoms with Gasteiger partial charge in [0.15, 0.2) is 5.13 Å². The second-order valence-electron chi connectivity index (χ2n) is 5.26. The molecule has 5 heteroatoms. The molecular weight excluding hydrogens is 256 g/mol. The molecule has 2 heterocycles. The largest absolute Gasteiger partial charge is 0.344 e. The predicted octanol–water partition coefficient (Wildman–Crippen LogP) is 2.17. The third kappa shape index (κ3) is 3.91. The van der Waals surface area contributed by atoms with Crippen LogP contribution in [0.25, 0.3) is 0 Å². The SMILES string of the molecule is CCNCc1cnc(N2CCCN(C)CC2CC)s1. The van der Waals surface area contributed by atoms with Crippen molar-refractivity contribution < 1.29 is 0 Å². The van der Waals surface area contributed by atoms with Gasteiger partial charge in [-0.3, -0.25) is 0 Å². The Kier molecular flexibility index (Phi) is 5.60. The van der Waals surface area contributed by atoms with Crippen LogP contribution in [0.4, 0.5) is 5.13 Å². The van der Waals surface area contributed by atoms with Gasteiger partial charge in [-0.1, -0.05) is 13.8 Å². The van der Waals surface area contributed by atoms with Crippen LogP contribution in [0.1, 0.15) is 31.6 Å². The first-order chi connectivity index (χ1) is 9.24. The average molecular weight is 282 g/mol. The van der Waals surface area contributed by atoms with Gasteiger partial charge >= 0.3 is 0 Å². The Hall–Kier alpha value is -0.650. The second-order valence-corrected chi connectivity index (χ2v) is 6.35. The topological polar surface area (TPSA) is 31.4 Å². The monoisotopic (exact) mass is 282 g/mol. The summed E-state index contributed by atoms with van der Waals surface area (Å²) in [6, 6.07) is 0.602. The smallest absolute Gasteiger partial charge is 0.185 e. The van der Waals surface area contributed by atoms with E-state index in [1.54, 1.807) is 0 Å². The Bertz CT molecular complexity index is 379. The summed E-state index contributed by atoms with van der Waals surface area (Å²) in [4.78, 5) is 10.9. The van der Waals surface area contributed by atoms with Gasteiger partial charge < -0.3 is 15.1 Å². The maximum atomic E-state index is 4.64. The summed E-state index contributed by atoms with van der Waals surface area (Å²) in [7, 11) is 2.23. The van der Waals surface area contributed by atoms with Gasteiger partial charge in [-0.15, -0.1) is 11.3 Å². The Morgan fingerprint density at radius 3 is 3.00 bits per heavy atom. The summed E-state index contributed by atoms with van der Waals surface area (Å²) in [6.45, 7) is 9.86. The molecule has 0 spiro atoms. The van der Waals surface area contributed by atoms with Crippen LogP contribution in [0.2, 0.25) is 0 Å². The van der Waals surface area contributed by atoms with E-state index in [9.17, 15) is 0 Å². The first-order valence-corrected chi connectivity index (χ1v) is 8.16. The van der Waals surface area contributed by atoms with Crippen LogP contribution in [0.3, 0.4) is 0 Å². The molecule has 0 radical (unpaired) electrons. The van der Waals surface area contributed by atoms with Crippen LogP contribution in [0, 0.1) is 0 Å². The molecule has 108 valence electrons. The Morgan fingerprint density at radius 2 is 2.26 bits per heavy atom. The van der Waals surface area contributed by atoms with E-state index < -0.39 is 0 Å². The molecule has 1 N–H and O–H groups in total. The molecule has 1 aliphatic heterocycles. The second kappa shape index (κ2) is 7.22. The van der Waals surface area contributed by atoms with Crippen molar-refractivity contribution >= 4 is 16.5 Å². The molecule has 1 atom stereocenters. The third-order valence-electron chi connectivity index (χ3n) is 3.71. The fraction of sp³-hybridized carbons (Fsp3) is 0.786. The van der Waals surface area contributed by atoms with Crippen LogP contribution < -0.4 is 10.2 Å². The minimum absolute atomic E-state index is 0.602. The van der Waals surface area contributed by atoms with E-state index in [1.165, 1.54) is 29.4 Å². The zero-order chi connectivity index (χ0) is 13.7. The lowest BCUT2D eigenvalue weighted by Crippen LogP contribution is -2.39. The summed E-state index contributed by atoms with van der Waals surface area (Å²) >= 11 is 1.84. The molecule has 1 aromatic heterocycles. The van der Waals surface area contributed by atoms with Crippen LogP contribution in [0.5, 0.6) is 0 Å². The van der Waals surface area contributed by atoms with E-state index >= 15 is 0 Å². The van der Waals surface area contributed by atoms with Gasteiger partial charge in [-0.25, -0.2) is 4.98 Å². The molecule has 0 amide bonds. The van der Waals surface area contributed by atoms with Crippen LogP contribution in [-0.4, -0.2) is 49.2 Å². The molecule has 1 unspecified atom stereocenters. The first kappa shape index (κ1) is 14.8. The van der Waals surface area contributed by atoms with Crippen molar-refractivity contribution in [2.45, 2.75) is 39.3 Å². The molecule has 4 nitrogen and oxygen atoms in total. The molecule has 1 saturated heterocycles. The van der Waals surface area contributed by atoms with Crippen molar-refractivity contribution in [3.05, 3.63) is 11.1 Å². The minimum Gasteiger partial charge on any atom is -0.344 e. The van der Waals surface area contributed by atoms with E-state index in [1.807, 2.05) is 17.5 Å². The van der Waals surface area contributed by atoms with E-state index in [0.717, 1.165) is 26.2 Å². The molecule has 1 fully saturated rings. The van der Waals surface area contributed by atoms with Crippen molar-refractivity contribution in [1.29, 1.82) is 0 Å². The van der Waals surface area contributed by atoms with Gasteiger partial charge in [0, 0.05) is 36.8 Å². The zero-order valence-corrected chi connectivity index (χ0v) is 13.2. The normalized spacial score (nSPS) is 21.6. The Balaban J connectivity index is 2.07. The number of rotatable bonds is 5. The highest BCUT2D eigenvalue weighted by Gasteiger charge is 2.24. The number of anilines is 1. The van der Waals surface area contributed by atoms with Gasteiger partial charge in [0.25, 0.3) is 0 Å². The van der Waals surface area contributed by atoms with Gasteiger partial charge in [0.05, 0.1) is 0 Å². The molecule has 19 heavy (non-hydrogen) atoms. The lowest BCUT2D eigenvalue weighted by Gasteiger charge is -2.29. The maximum absolute atomic E-state index is 4.64. The van der Waals surface area contributed by atoms with Crippen molar-refractivity contribution in [2.75, 3.05) is 38.1 Å². The third-order valence-corrected chi connectivity index (χ3v) is 4.74. The number of aromatic nitrogens is 1. The quantitative estimate of drug-likeness (QED) is 0.897. The van der Waals surface area contributed by atoms with Crippen molar-refractivity contribution in [1.82, 2.24) is 15.2 Å². The minimum atomic E-state index is 0.602. The van der Waals surface area contributed by atoms with E-state index in [-0.39, 0.29) is 0 Å². The van der Waals surface area contributed by atoms with Crippen LogP contribution >= 0.6 is 11.3 Å². The maximum Gasteiger partial charge on any atom is 0.185 e. The molecular formula is C14H26N4S. The summed E-state index contributed by atoms with van der Waals surface area (Å²) < 4.78 is 0. The lowest BCUT2D eigenvalue weighted by atomic mass is 10.2. The van der Waals surface area contributed by atoms with Gasteiger partial charge in [0.2, 0.25) is 0 Å². The highest BCUT2D eigenvalue weighted by molar-refractivity contribution is 7.15. The highest BCUT2D eigenvalue weighted by atomic mass is 32.1. The number of hydrogen-bond acceptors (Lipinski definition) is 5. The van der Waals surface area contributed by atoms with Crippen LogP contribution in [0.15, 0.2) is 6.20 Å². The summed E-state index contributed by atoms with van der Waals surface area (Å²) in [5.74, 6) is 0. The van der Waals surface area contributed by atoms with Gasteiger partial charge in [-0.2, -0.15) is 0 Å². The average Bonchev–Trinajstić information content (AvgIpc) is 2.79. The number of hydrogen-bond donors (Lipinski definition) is 1. The number of nitrogens with zero attached hydrogens (tertiary/aromatic N) is 3. The van der Waals surface area contributed by atoms with Gasteiger partial charge in [-0.05, 0) is 33.0 Å².